The molecule has 3 unspecified atom stereocenters. The first-order valence-corrected chi connectivity index (χ1v) is 12.5. The molecule has 0 bridgehead atoms. The molecular formula is C19H30N4O5S2. The van der Waals surface area contributed by atoms with Gasteiger partial charge in [-0.05, 0) is 30.5 Å². The van der Waals surface area contributed by atoms with Crippen LogP contribution in [0.15, 0.2) is 29.9 Å². The largest absolute Gasteiger partial charge is 0.390 e. The molecule has 2 heterocycles. The summed E-state index contributed by atoms with van der Waals surface area (Å²) in [6.07, 6.45) is 5.49. The highest BCUT2D eigenvalue weighted by Crippen LogP contribution is 2.18. The van der Waals surface area contributed by atoms with E-state index >= 15 is 0 Å². The van der Waals surface area contributed by atoms with Crippen molar-refractivity contribution >= 4 is 32.4 Å². The second-order valence-corrected chi connectivity index (χ2v) is 9.71. The van der Waals surface area contributed by atoms with Crippen LogP contribution in [0.2, 0.25) is 0 Å². The Balaban J connectivity index is 0.00000480. The van der Waals surface area contributed by atoms with Gasteiger partial charge in [0.05, 0.1) is 18.4 Å². The number of nitrogens with zero attached hydrogens (tertiary/aromatic N) is 2. The van der Waals surface area contributed by atoms with Gasteiger partial charge in [0, 0.05) is 19.2 Å². The number of pyridine rings is 1. The summed E-state index contributed by atoms with van der Waals surface area (Å²) in [4.78, 5) is 20.6. The maximum absolute atomic E-state index is 12.7. The number of hydrogen-bond acceptors (Lipinski definition) is 8. The summed E-state index contributed by atoms with van der Waals surface area (Å²) in [5, 5.41) is 25.3. The minimum atomic E-state index is -3.50. The van der Waals surface area contributed by atoms with Crippen LogP contribution in [0.5, 0.6) is 0 Å². The monoisotopic (exact) mass is 458 g/mol. The maximum Gasteiger partial charge on any atom is 0.271 e. The molecule has 2 aromatic heterocycles. The minimum Gasteiger partial charge on any atom is -0.390 e. The standard InChI is InChI=1S/C19H28N4O5S2.H2/c1-3-4-5-6-16(24)17(25)14(11-13-7-9-20-10-8-13)21-18(26)15-12-29-19(22-15)23-30(2,27)28;/h7-10,12,14,16-17,24-25H,3-6,11H2,1-2H3,(H,21,26)(H,22,23);1H. The summed E-state index contributed by atoms with van der Waals surface area (Å²) in [6.45, 7) is 2.05. The first-order valence-electron chi connectivity index (χ1n) is 9.68. The van der Waals surface area contributed by atoms with Gasteiger partial charge in [-0.1, -0.05) is 26.2 Å². The topological polar surface area (TPSA) is 142 Å². The Labute approximate surface area is 182 Å². The van der Waals surface area contributed by atoms with Crippen LogP contribution in [0.3, 0.4) is 0 Å². The van der Waals surface area contributed by atoms with Crippen LogP contribution < -0.4 is 10.0 Å². The van der Waals surface area contributed by atoms with Gasteiger partial charge in [-0.25, -0.2) is 13.4 Å². The fourth-order valence-electron chi connectivity index (χ4n) is 2.90. The van der Waals surface area contributed by atoms with Gasteiger partial charge >= 0.3 is 0 Å². The molecule has 2 aromatic rings. The number of anilines is 1. The van der Waals surface area contributed by atoms with Gasteiger partial charge in [0.25, 0.3) is 5.91 Å². The molecule has 0 saturated heterocycles. The summed E-state index contributed by atoms with van der Waals surface area (Å²) in [6, 6.07) is 2.78. The molecule has 0 aromatic carbocycles. The van der Waals surface area contributed by atoms with E-state index < -0.39 is 34.2 Å². The second-order valence-electron chi connectivity index (χ2n) is 7.11. The Morgan fingerprint density at radius 2 is 1.97 bits per heavy atom. The second kappa shape index (κ2) is 11.3. The van der Waals surface area contributed by atoms with E-state index in [4.69, 9.17) is 0 Å². The third-order valence-electron chi connectivity index (χ3n) is 4.44. The van der Waals surface area contributed by atoms with E-state index in [0.717, 1.165) is 42.4 Å². The van der Waals surface area contributed by atoms with Crippen molar-refractivity contribution in [1.82, 2.24) is 15.3 Å². The average molecular weight is 459 g/mol. The molecule has 4 N–H and O–H groups in total. The van der Waals surface area contributed by atoms with Crippen molar-refractivity contribution in [3.05, 3.63) is 41.2 Å². The lowest BCUT2D eigenvalue weighted by Crippen LogP contribution is -2.49. The van der Waals surface area contributed by atoms with Gasteiger partial charge in [0.15, 0.2) is 5.13 Å². The highest BCUT2D eigenvalue weighted by Gasteiger charge is 2.28. The molecule has 0 fully saturated rings. The van der Waals surface area contributed by atoms with Crippen LogP contribution >= 0.6 is 11.3 Å². The lowest BCUT2D eigenvalue weighted by atomic mass is 9.95. The molecular weight excluding hydrogens is 428 g/mol. The van der Waals surface area contributed by atoms with Crippen LogP contribution in [0.4, 0.5) is 5.13 Å². The fraction of sp³-hybridized carbons (Fsp3) is 0.526. The van der Waals surface area contributed by atoms with E-state index in [1.807, 2.05) is 0 Å². The fourth-order valence-corrected chi connectivity index (χ4v) is 4.44. The Kier molecular flexibility index (Phi) is 9.15. The third kappa shape index (κ3) is 7.98. The van der Waals surface area contributed by atoms with Crippen LogP contribution in [-0.4, -0.2) is 59.0 Å². The molecule has 2 rings (SSSR count). The van der Waals surface area contributed by atoms with Gasteiger partial charge in [0.2, 0.25) is 10.0 Å². The summed E-state index contributed by atoms with van der Waals surface area (Å²) in [7, 11) is -3.50. The molecule has 0 aliphatic rings. The number of carbonyl (C=O) groups excluding carboxylic acids is 1. The highest BCUT2D eigenvalue weighted by atomic mass is 32.2. The smallest absolute Gasteiger partial charge is 0.271 e. The van der Waals surface area contributed by atoms with Gasteiger partial charge in [-0.3, -0.25) is 14.5 Å². The van der Waals surface area contributed by atoms with Crippen LogP contribution in [0, 0.1) is 0 Å². The van der Waals surface area contributed by atoms with E-state index in [2.05, 4.69) is 26.9 Å². The highest BCUT2D eigenvalue weighted by molar-refractivity contribution is 7.92. The number of carbonyl (C=O) groups is 1. The number of rotatable bonds is 12. The zero-order valence-electron chi connectivity index (χ0n) is 17.0. The van der Waals surface area contributed by atoms with E-state index in [9.17, 15) is 23.4 Å². The number of thiazole rings is 1. The SMILES string of the molecule is CCCCCC(O)C(O)C(Cc1ccncc1)NC(=O)c1csc(NS(C)(=O)=O)n1.[HH]. The van der Waals surface area contributed by atoms with Crippen LogP contribution in [0.1, 0.15) is 50.1 Å². The first-order chi connectivity index (χ1) is 14.2. The van der Waals surface area contributed by atoms with Crippen molar-refractivity contribution in [2.24, 2.45) is 0 Å². The molecule has 0 saturated carbocycles. The van der Waals surface area contributed by atoms with Crippen molar-refractivity contribution < 1.29 is 24.9 Å². The molecule has 11 heteroatoms. The first kappa shape index (κ1) is 24.2. The molecule has 9 nitrogen and oxygen atoms in total. The number of hydrogen-bond donors (Lipinski definition) is 4. The van der Waals surface area contributed by atoms with Crippen LogP contribution in [-0.2, 0) is 16.4 Å². The molecule has 0 aliphatic carbocycles. The lowest BCUT2D eigenvalue weighted by molar-refractivity contribution is -0.00833. The summed E-state index contributed by atoms with van der Waals surface area (Å²) < 4.78 is 24.9. The van der Waals surface area contributed by atoms with E-state index in [0.29, 0.717) is 12.8 Å². The van der Waals surface area contributed by atoms with E-state index in [1.165, 1.54) is 5.38 Å². The predicted octanol–water partition coefficient (Wildman–Crippen LogP) is 1.80. The maximum atomic E-state index is 12.7. The van der Waals surface area contributed by atoms with Crippen molar-refractivity contribution in [2.75, 3.05) is 11.0 Å². The molecule has 30 heavy (non-hydrogen) atoms. The quantitative estimate of drug-likeness (QED) is 0.355. The average Bonchev–Trinajstić information content (AvgIpc) is 3.14. The molecule has 3 atom stereocenters. The van der Waals surface area contributed by atoms with Crippen LogP contribution in [0.25, 0.3) is 0 Å². The zero-order chi connectivity index (χ0) is 22.1. The number of aromatic nitrogens is 2. The summed E-state index contributed by atoms with van der Waals surface area (Å²) >= 11 is 0.982. The summed E-state index contributed by atoms with van der Waals surface area (Å²) in [5.74, 6) is -0.563. The van der Waals surface area contributed by atoms with Gasteiger partial charge in [-0.15, -0.1) is 11.3 Å². The Hall–Kier alpha value is -2.08. The Morgan fingerprint density at radius 1 is 1.27 bits per heavy atom. The van der Waals surface area contributed by atoms with Gasteiger partial charge < -0.3 is 15.5 Å². The van der Waals surface area contributed by atoms with Crippen molar-refractivity contribution in [2.45, 2.75) is 57.3 Å². The van der Waals surface area contributed by atoms with Crippen molar-refractivity contribution in [3.63, 3.8) is 0 Å². The minimum absolute atomic E-state index is 0. The molecule has 0 aliphatic heterocycles. The molecule has 168 valence electrons. The number of aliphatic hydroxyl groups excluding tert-OH is 2. The number of unbranched alkanes of at least 4 members (excludes halogenated alkanes) is 2. The Morgan fingerprint density at radius 3 is 2.60 bits per heavy atom. The van der Waals surface area contributed by atoms with E-state index in [1.54, 1.807) is 24.5 Å². The zero-order valence-corrected chi connectivity index (χ0v) is 18.6. The normalized spacial score (nSPS) is 14.7. The molecule has 1 amide bonds. The van der Waals surface area contributed by atoms with E-state index in [-0.39, 0.29) is 12.3 Å². The summed E-state index contributed by atoms with van der Waals surface area (Å²) in [5.41, 5.74) is 0.867. The number of sulfonamides is 1. The molecule has 0 radical (unpaired) electrons. The Bertz CT molecular complexity index is 911. The molecule has 0 spiro atoms. The van der Waals surface area contributed by atoms with Gasteiger partial charge in [0.1, 0.15) is 11.8 Å². The van der Waals surface area contributed by atoms with Crippen molar-refractivity contribution in [3.8, 4) is 0 Å². The number of amides is 1. The predicted molar refractivity (Wildman–Crippen MR) is 118 cm³/mol. The number of nitrogens with one attached hydrogen (secondary N) is 2. The number of aliphatic hydroxyl groups is 2. The van der Waals surface area contributed by atoms with Crippen molar-refractivity contribution in [1.29, 1.82) is 0 Å². The third-order valence-corrected chi connectivity index (χ3v) is 5.89. The van der Waals surface area contributed by atoms with Gasteiger partial charge in [-0.2, -0.15) is 0 Å². The lowest BCUT2D eigenvalue weighted by Gasteiger charge is -2.28.